The maximum absolute atomic E-state index is 13.0. The highest BCUT2D eigenvalue weighted by Crippen LogP contribution is 2.27. The molecule has 28 heavy (non-hydrogen) atoms. The van der Waals surface area contributed by atoms with Gasteiger partial charge in [0, 0.05) is 25.3 Å². The van der Waals surface area contributed by atoms with Crippen molar-refractivity contribution in [2.24, 2.45) is 0 Å². The fourth-order valence-corrected chi connectivity index (χ4v) is 5.13. The van der Waals surface area contributed by atoms with Gasteiger partial charge >= 0.3 is 0 Å². The molecule has 0 spiro atoms. The lowest BCUT2D eigenvalue weighted by Crippen LogP contribution is -2.41. The van der Waals surface area contributed by atoms with Crippen LogP contribution in [0.4, 0.5) is 0 Å². The largest absolute Gasteiger partial charge is 0.497 e. The van der Waals surface area contributed by atoms with Crippen molar-refractivity contribution in [1.82, 2.24) is 14.6 Å². The number of aromatic nitrogens is 1. The van der Waals surface area contributed by atoms with Crippen LogP contribution in [0.15, 0.2) is 29.2 Å². The third-order valence-corrected chi connectivity index (χ3v) is 6.92. The van der Waals surface area contributed by atoms with E-state index in [2.05, 4.69) is 10.3 Å². The first-order valence-electron chi connectivity index (χ1n) is 9.02. The van der Waals surface area contributed by atoms with Crippen molar-refractivity contribution in [2.75, 3.05) is 33.4 Å². The molecule has 0 radical (unpaired) electrons. The van der Waals surface area contributed by atoms with Gasteiger partial charge in [-0.25, -0.2) is 8.42 Å². The van der Waals surface area contributed by atoms with Gasteiger partial charge in [0.1, 0.15) is 16.3 Å². The highest BCUT2D eigenvalue weighted by atomic mass is 32.2. The van der Waals surface area contributed by atoms with Gasteiger partial charge in [-0.1, -0.05) is 12.1 Å². The molecule has 1 aliphatic heterocycles. The quantitative estimate of drug-likeness (QED) is 0.757. The fourth-order valence-electron chi connectivity index (χ4n) is 3.32. The van der Waals surface area contributed by atoms with Crippen molar-refractivity contribution in [2.45, 2.75) is 25.3 Å². The Labute approximate surface area is 164 Å². The highest BCUT2D eigenvalue weighted by molar-refractivity contribution is 7.89. The van der Waals surface area contributed by atoms with E-state index >= 15 is 0 Å². The molecule has 8 nitrogen and oxygen atoms in total. The van der Waals surface area contributed by atoms with Gasteiger partial charge in [-0.2, -0.15) is 4.31 Å². The number of nitrogens with zero attached hydrogens (tertiary/aromatic N) is 1. The Balaban J connectivity index is 1.79. The first-order valence-corrected chi connectivity index (χ1v) is 10.5. The number of benzene rings is 1. The first kappa shape index (κ1) is 20.4. The van der Waals surface area contributed by atoms with Crippen LogP contribution in [-0.4, -0.2) is 57.0 Å². The van der Waals surface area contributed by atoms with Gasteiger partial charge in [0.15, 0.2) is 0 Å². The number of aromatic amines is 1. The molecule has 152 valence electrons. The summed E-state index contributed by atoms with van der Waals surface area (Å²) in [6.45, 7) is 4.98. The van der Waals surface area contributed by atoms with Crippen LogP contribution < -0.4 is 10.1 Å². The van der Waals surface area contributed by atoms with Gasteiger partial charge in [0.2, 0.25) is 10.0 Å². The zero-order valence-electron chi connectivity index (χ0n) is 16.2. The number of carbonyl (C=O) groups excluding carboxylic acids is 1. The number of H-pyrrole nitrogens is 1. The molecular formula is C19H25N3O5S. The normalized spacial score (nSPS) is 15.4. The molecule has 2 aromatic rings. The molecule has 0 unspecified atom stereocenters. The van der Waals surface area contributed by atoms with Crippen LogP contribution in [-0.2, 0) is 21.3 Å². The van der Waals surface area contributed by atoms with Gasteiger partial charge < -0.3 is 19.8 Å². The van der Waals surface area contributed by atoms with E-state index in [1.54, 1.807) is 21.0 Å². The Morgan fingerprint density at radius 3 is 2.68 bits per heavy atom. The third kappa shape index (κ3) is 4.06. The lowest BCUT2D eigenvalue weighted by atomic mass is 10.2. The van der Waals surface area contributed by atoms with E-state index in [1.807, 2.05) is 24.3 Å². The number of aryl methyl sites for hydroxylation is 1. The average Bonchev–Trinajstić information content (AvgIpc) is 3.01. The summed E-state index contributed by atoms with van der Waals surface area (Å²) < 4.78 is 37.9. The Bertz CT molecular complexity index is 962. The number of morpholine rings is 1. The summed E-state index contributed by atoms with van der Waals surface area (Å²) in [4.78, 5) is 15.8. The molecule has 2 N–H and O–H groups in total. The van der Waals surface area contributed by atoms with Crippen molar-refractivity contribution in [1.29, 1.82) is 0 Å². The van der Waals surface area contributed by atoms with Gasteiger partial charge in [0.05, 0.1) is 20.3 Å². The standard InChI is InChI=1S/C19H25N3O5S/c1-13-17(19(23)20-12-15-5-4-6-16(11-15)26-3)21-14(2)18(13)28(24,25)22-7-9-27-10-8-22/h4-6,11,21H,7-10,12H2,1-3H3,(H,20,23). The summed E-state index contributed by atoms with van der Waals surface area (Å²) >= 11 is 0. The zero-order chi connectivity index (χ0) is 20.3. The second-order valence-corrected chi connectivity index (χ2v) is 8.50. The van der Waals surface area contributed by atoms with Gasteiger partial charge in [-0.3, -0.25) is 4.79 Å². The Morgan fingerprint density at radius 2 is 2.00 bits per heavy atom. The molecule has 1 fully saturated rings. The van der Waals surface area contributed by atoms with Gasteiger partial charge in [0.25, 0.3) is 5.91 Å². The molecule has 0 aliphatic carbocycles. The molecule has 3 rings (SSSR count). The lowest BCUT2D eigenvalue weighted by Gasteiger charge is -2.26. The molecule has 1 aromatic carbocycles. The van der Waals surface area contributed by atoms with E-state index in [0.29, 0.717) is 49.9 Å². The topological polar surface area (TPSA) is 101 Å². The number of carbonyl (C=O) groups is 1. The Kier molecular flexibility index (Phi) is 6.07. The summed E-state index contributed by atoms with van der Waals surface area (Å²) in [7, 11) is -2.10. The van der Waals surface area contributed by atoms with Crippen LogP contribution in [0.5, 0.6) is 5.75 Å². The predicted molar refractivity (Wildman–Crippen MR) is 104 cm³/mol. The minimum Gasteiger partial charge on any atom is -0.497 e. The maximum atomic E-state index is 13.0. The second kappa shape index (κ2) is 8.34. The molecule has 1 saturated heterocycles. The highest BCUT2D eigenvalue weighted by Gasteiger charge is 2.32. The molecular weight excluding hydrogens is 382 g/mol. The molecule has 1 aromatic heterocycles. The summed E-state index contributed by atoms with van der Waals surface area (Å²) in [6, 6.07) is 7.38. The summed E-state index contributed by atoms with van der Waals surface area (Å²) in [5.74, 6) is 0.351. The SMILES string of the molecule is COc1cccc(CNC(=O)c2[nH]c(C)c(S(=O)(=O)N3CCOCC3)c2C)c1. The Hall–Kier alpha value is -2.36. The van der Waals surface area contributed by atoms with Gasteiger partial charge in [-0.15, -0.1) is 0 Å². The number of sulfonamides is 1. The van der Waals surface area contributed by atoms with Gasteiger partial charge in [-0.05, 0) is 37.1 Å². The molecule has 1 aliphatic rings. The molecule has 0 saturated carbocycles. The van der Waals surface area contributed by atoms with E-state index in [1.165, 1.54) is 4.31 Å². The molecule has 0 atom stereocenters. The van der Waals surface area contributed by atoms with E-state index in [-0.39, 0.29) is 16.5 Å². The Morgan fingerprint density at radius 1 is 1.29 bits per heavy atom. The van der Waals surface area contributed by atoms with E-state index in [4.69, 9.17) is 9.47 Å². The number of ether oxygens (including phenoxy) is 2. The minimum atomic E-state index is -3.69. The molecule has 2 heterocycles. The second-order valence-electron chi connectivity index (χ2n) is 6.63. The lowest BCUT2D eigenvalue weighted by molar-refractivity contribution is 0.0730. The van der Waals surface area contributed by atoms with Crippen LogP contribution in [0.1, 0.15) is 27.3 Å². The third-order valence-electron chi connectivity index (χ3n) is 4.75. The summed E-state index contributed by atoms with van der Waals surface area (Å²) in [5.41, 5.74) is 2.02. The molecule has 9 heteroatoms. The predicted octanol–water partition coefficient (Wildman–Crippen LogP) is 1.59. The number of hydrogen-bond acceptors (Lipinski definition) is 5. The average molecular weight is 407 g/mol. The van der Waals surface area contributed by atoms with Crippen LogP contribution in [0, 0.1) is 13.8 Å². The van der Waals surface area contributed by atoms with E-state index in [0.717, 1.165) is 5.56 Å². The molecule has 0 bridgehead atoms. The van der Waals surface area contributed by atoms with Crippen LogP contribution in [0.25, 0.3) is 0 Å². The van der Waals surface area contributed by atoms with Crippen LogP contribution in [0.3, 0.4) is 0 Å². The minimum absolute atomic E-state index is 0.168. The van der Waals surface area contributed by atoms with E-state index < -0.39 is 10.0 Å². The van der Waals surface area contributed by atoms with E-state index in [9.17, 15) is 13.2 Å². The number of amides is 1. The van der Waals surface area contributed by atoms with Crippen molar-refractivity contribution in [3.05, 3.63) is 46.8 Å². The van der Waals surface area contributed by atoms with Crippen molar-refractivity contribution in [3.8, 4) is 5.75 Å². The monoisotopic (exact) mass is 407 g/mol. The number of methoxy groups -OCH3 is 1. The maximum Gasteiger partial charge on any atom is 0.268 e. The smallest absolute Gasteiger partial charge is 0.268 e. The van der Waals surface area contributed by atoms with Crippen molar-refractivity contribution >= 4 is 15.9 Å². The van der Waals surface area contributed by atoms with Crippen molar-refractivity contribution in [3.63, 3.8) is 0 Å². The number of rotatable bonds is 6. The fraction of sp³-hybridized carbons (Fsp3) is 0.421. The zero-order valence-corrected chi connectivity index (χ0v) is 17.1. The summed E-state index contributed by atoms with van der Waals surface area (Å²) in [5, 5.41) is 2.82. The molecule has 1 amide bonds. The van der Waals surface area contributed by atoms with Crippen molar-refractivity contribution < 1.29 is 22.7 Å². The van der Waals surface area contributed by atoms with Crippen LogP contribution >= 0.6 is 0 Å². The van der Waals surface area contributed by atoms with Crippen LogP contribution in [0.2, 0.25) is 0 Å². The summed E-state index contributed by atoms with van der Waals surface area (Å²) in [6.07, 6.45) is 0. The number of nitrogens with one attached hydrogen (secondary N) is 2. The first-order chi connectivity index (χ1) is 13.3. The number of hydrogen-bond donors (Lipinski definition) is 2.